The highest BCUT2D eigenvalue weighted by Gasteiger charge is 2.39. The summed E-state index contributed by atoms with van der Waals surface area (Å²) in [6.07, 6.45) is 33.4. The Balaban J connectivity index is 1.27. The van der Waals surface area contributed by atoms with Gasteiger partial charge in [0.2, 0.25) is 5.95 Å². The summed E-state index contributed by atoms with van der Waals surface area (Å²) in [5, 5.41) is 10.6. The maximum atomic E-state index is 12.3. The van der Waals surface area contributed by atoms with Gasteiger partial charge < -0.3 is 20.1 Å². The zero-order valence-corrected chi connectivity index (χ0v) is 25.1. The Morgan fingerprint density at radius 2 is 1.58 bits per heavy atom. The van der Waals surface area contributed by atoms with E-state index in [0.717, 1.165) is 38.5 Å². The molecule has 0 spiro atoms. The van der Waals surface area contributed by atoms with Gasteiger partial charge in [-0.05, 0) is 56.9 Å². The summed E-state index contributed by atoms with van der Waals surface area (Å²) < 4.78 is 7.14. The maximum Gasteiger partial charge on any atom is 0.306 e. The van der Waals surface area contributed by atoms with E-state index in [0.29, 0.717) is 24.1 Å². The number of nitrogens with one attached hydrogen (secondary N) is 1. The Kier molecular flexibility index (Phi) is 14.2. The SMILES string of the molecule is C=C1[C@H](COC(=O)CC/C=C\C/C=C\C/C=C\C/C=C\C/C=C\C/C=C\CC)[C@@H](O)C[C@@H]1n1cnc2c(=O)[nH]c(N)nc21. The minimum Gasteiger partial charge on any atom is -0.465 e. The standard InChI is InChI=1S/C34H45N5O4/c1-3-4-5-6-7-8-9-10-11-12-13-14-15-16-17-18-19-20-21-22-30(41)43-24-27-26(2)28(23-29(27)40)39-25-36-31-32(39)37-34(35)38-33(31)42/h4-5,7-8,10-11,13-14,16-17,19-20,25,27-29,40H,2-3,6,9,12,15,18,21-24H2,1H3,(H3,35,37,38,42)/b5-4-,8-7-,11-10-,14-13-,17-16-,20-19-/t27-,28-,29-/m0/s1. The van der Waals surface area contributed by atoms with E-state index in [-0.39, 0.29) is 36.5 Å². The van der Waals surface area contributed by atoms with Crippen LogP contribution in [0, 0.1) is 5.92 Å². The third-order valence-corrected chi connectivity index (χ3v) is 7.16. The lowest BCUT2D eigenvalue weighted by molar-refractivity contribution is -0.145. The molecule has 3 atom stereocenters. The molecule has 1 saturated carbocycles. The van der Waals surface area contributed by atoms with Crippen molar-refractivity contribution in [3.05, 3.63) is 102 Å². The number of nitrogens with two attached hydrogens (primary N) is 1. The van der Waals surface area contributed by atoms with Gasteiger partial charge in [0.05, 0.1) is 18.5 Å². The summed E-state index contributed by atoms with van der Waals surface area (Å²) in [5.41, 5.74) is 6.45. The highest BCUT2D eigenvalue weighted by atomic mass is 16.5. The summed E-state index contributed by atoms with van der Waals surface area (Å²) in [7, 11) is 0. The van der Waals surface area contributed by atoms with E-state index in [2.05, 4.69) is 89.2 Å². The Hall–Kier alpha value is -4.24. The van der Waals surface area contributed by atoms with Gasteiger partial charge in [0.25, 0.3) is 5.56 Å². The third-order valence-electron chi connectivity index (χ3n) is 7.16. The second-order valence-electron chi connectivity index (χ2n) is 10.4. The third kappa shape index (κ3) is 10.8. The molecule has 43 heavy (non-hydrogen) atoms. The van der Waals surface area contributed by atoms with Crippen LogP contribution in [0.3, 0.4) is 0 Å². The van der Waals surface area contributed by atoms with Crippen molar-refractivity contribution in [3.63, 3.8) is 0 Å². The number of esters is 1. The minimum absolute atomic E-state index is 0.0132. The van der Waals surface area contributed by atoms with Gasteiger partial charge in [-0.25, -0.2) is 4.98 Å². The molecule has 2 aromatic rings. The summed E-state index contributed by atoms with van der Waals surface area (Å²) in [6, 6.07) is -0.337. The number of imidazole rings is 1. The molecule has 0 aromatic carbocycles. The van der Waals surface area contributed by atoms with Crippen molar-refractivity contribution < 1.29 is 14.6 Å². The summed E-state index contributed by atoms with van der Waals surface area (Å²) in [4.78, 5) is 35.1. The molecule has 0 radical (unpaired) electrons. The first-order valence-electron chi connectivity index (χ1n) is 15.1. The van der Waals surface area contributed by atoms with E-state index in [1.807, 2.05) is 12.2 Å². The number of H-pyrrole nitrogens is 1. The number of allylic oxidation sites excluding steroid dienone is 12. The number of hydrogen-bond donors (Lipinski definition) is 3. The zero-order chi connectivity index (χ0) is 30.9. The van der Waals surface area contributed by atoms with Gasteiger partial charge in [-0.2, -0.15) is 4.98 Å². The number of hydrogen-bond acceptors (Lipinski definition) is 7. The van der Waals surface area contributed by atoms with Crippen LogP contribution < -0.4 is 11.3 Å². The fourth-order valence-electron chi connectivity index (χ4n) is 4.82. The van der Waals surface area contributed by atoms with Crippen LogP contribution in [0.15, 0.2) is 96.2 Å². The lowest BCUT2D eigenvalue weighted by Gasteiger charge is -2.17. The first-order valence-corrected chi connectivity index (χ1v) is 15.1. The lowest BCUT2D eigenvalue weighted by atomic mass is 10.0. The van der Waals surface area contributed by atoms with Crippen molar-refractivity contribution >= 4 is 23.1 Å². The van der Waals surface area contributed by atoms with Gasteiger partial charge in [-0.1, -0.05) is 86.4 Å². The minimum atomic E-state index is -0.745. The van der Waals surface area contributed by atoms with Crippen LogP contribution in [-0.2, 0) is 9.53 Å². The van der Waals surface area contributed by atoms with E-state index in [1.165, 1.54) is 6.33 Å². The fraction of sp³-hybridized carbons (Fsp3) is 0.412. The van der Waals surface area contributed by atoms with Gasteiger partial charge in [-0.15, -0.1) is 0 Å². The maximum absolute atomic E-state index is 12.3. The molecule has 0 saturated heterocycles. The van der Waals surface area contributed by atoms with Crippen LogP contribution in [0.4, 0.5) is 5.95 Å². The Morgan fingerprint density at radius 1 is 1.02 bits per heavy atom. The lowest BCUT2D eigenvalue weighted by Crippen LogP contribution is -2.22. The molecule has 3 rings (SSSR count). The molecule has 0 bridgehead atoms. The predicted octanol–water partition coefficient (Wildman–Crippen LogP) is 6.20. The number of aliphatic hydroxyl groups is 1. The van der Waals surface area contributed by atoms with Crippen molar-refractivity contribution in [1.82, 2.24) is 19.5 Å². The molecule has 9 heteroatoms. The van der Waals surface area contributed by atoms with Gasteiger partial charge in [0.1, 0.15) is 6.61 Å². The number of carbonyl (C=O) groups is 1. The summed E-state index contributed by atoms with van der Waals surface area (Å²) in [6.45, 7) is 6.32. The number of aromatic nitrogens is 4. The molecule has 2 aromatic heterocycles. The monoisotopic (exact) mass is 587 g/mol. The Bertz CT molecular complexity index is 1430. The molecule has 9 nitrogen and oxygen atoms in total. The van der Waals surface area contributed by atoms with Crippen molar-refractivity contribution in [2.24, 2.45) is 5.92 Å². The topological polar surface area (TPSA) is 136 Å². The Labute approximate surface area is 254 Å². The van der Waals surface area contributed by atoms with E-state index in [4.69, 9.17) is 10.5 Å². The molecular formula is C34H45N5O4. The number of nitrogens with zero attached hydrogens (tertiary/aromatic N) is 3. The van der Waals surface area contributed by atoms with Crippen molar-refractivity contribution in [2.45, 2.75) is 76.9 Å². The smallest absolute Gasteiger partial charge is 0.306 e. The normalized spacial score (nSPS) is 19.7. The summed E-state index contributed by atoms with van der Waals surface area (Å²) in [5.74, 6) is -0.755. The van der Waals surface area contributed by atoms with Gasteiger partial charge in [0.15, 0.2) is 11.2 Å². The number of ether oxygens (including phenoxy) is 1. The van der Waals surface area contributed by atoms with Gasteiger partial charge >= 0.3 is 5.97 Å². The van der Waals surface area contributed by atoms with Crippen LogP contribution in [0.2, 0.25) is 0 Å². The number of aliphatic hydroxyl groups excluding tert-OH is 1. The molecular weight excluding hydrogens is 542 g/mol. The van der Waals surface area contributed by atoms with Crippen LogP contribution in [0.5, 0.6) is 0 Å². The number of fused-ring (bicyclic) bond motifs is 1. The average Bonchev–Trinajstić information content (AvgIpc) is 3.52. The Morgan fingerprint density at radius 3 is 2.16 bits per heavy atom. The number of nitrogen functional groups attached to an aromatic ring is 1. The van der Waals surface area contributed by atoms with Crippen molar-refractivity contribution in [1.29, 1.82) is 0 Å². The molecule has 0 amide bonds. The summed E-state index contributed by atoms with van der Waals surface area (Å²) >= 11 is 0. The largest absolute Gasteiger partial charge is 0.465 e. The molecule has 4 N–H and O–H groups in total. The van der Waals surface area contributed by atoms with Gasteiger partial charge in [-0.3, -0.25) is 14.6 Å². The van der Waals surface area contributed by atoms with Crippen LogP contribution in [0.1, 0.15) is 70.8 Å². The molecule has 230 valence electrons. The van der Waals surface area contributed by atoms with Gasteiger partial charge in [0, 0.05) is 12.3 Å². The van der Waals surface area contributed by atoms with E-state index < -0.39 is 17.6 Å². The quantitative estimate of drug-likeness (QED) is 0.148. The molecule has 2 heterocycles. The van der Waals surface area contributed by atoms with E-state index in [9.17, 15) is 14.7 Å². The first kappa shape index (κ1) is 33.3. The average molecular weight is 588 g/mol. The highest BCUT2D eigenvalue weighted by molar-refractivity contribution is 5.71. The number of aromatic amines is 1. The fourth-order valence-corrected chi connectivity index (χ4v) is 4.82. The molecule has 0 unspecified atom stereocenters. The number of rotatable bonds is 17. The second-order valence-corrected chi connectivity index (χ2v) is 10.4. The molecule has 1 aliphatic rings. The van der Waals surface area contributed by atoms with Crippen molar-refractivity contribution in [2.75, 3.05) is 12.3 Å². The van der Waals surface area contributed by atoms with Crippen molar-refractivity contribution in [3.8, 4) is 0 Å². The molecule has 0 aliphatic heterocycles. The molecule has 1 fully saturated rings. The number of carbonyl (C=O) groups excluding carboxylic acids is 1. The predicted molar refractivity (Wildman–Crippen MR) is 173 cm³/mol. The second kappa shape index (κ2) is 18.3. The van der Waals surface area contributed by atoms with Crippen LogP contribution in [-0.4, -0.2) is 43.3 Å². The van der Waals surface area contributed by atoms with Crippen LogP contribution >= 0.6 is 0 Å². The number of anilines is 1. The zero-order valence-electron chi connectivity index (χ0n) is 25.1. The highest BCUT2D eigenvalue weighted by Crippen LogP contribution is 2.40. The first-order chi connectivity index (χ1) is 20.9. The molecule has 1 aliphatic carbocycles. The van der Waals surface area contributed by atoms with E-state index in [1.54, 1.807) is 4.57 Å². The van der Waals surface area contributed by atoms with Crippen LogP contribution in [0.25, 0.3) is 11.2 Å². The van der Waals surface area contributed by atoms with E-state index >= 15 is 0 Å².